The highest BCUT2D eigenvalue weighted by atomic mass is 14.8. The fourth-order valence-electron chi connectivity index (χ4n) is 2.19. The van der Waals surface area contributed by atoms with Gasteiger partial charge in [-0.1, -0.05) is 55.0 Å². The van der Waals surface area contributed by atoms with Gasteiger partial charge in [-0.15, -0.1) is 0 Å². The van der Waals surface area contributed by atoms with Crippen molar-refractivity contribution in [3.05, 3.63) is 12.3 Å². The molecule has 0 amide bonds. The minimum atomic E-state index is 0.302. The van der Waals surface area contributed by atoms with E-state index in [1.165, 1.54) is 6.42 Å². The van der Waals surface area contributed by atoms with E-state index in [0.29, 0.717) is 16.2 Å². The van der Waals surface area contributed by atoms with Crippen molar-refractivity contribution in [1.29, 1.82) is 0 Å². The first-order chi connectivity index (χ1) is 6.91. The molecule has 0 atom stereocenters. The van der Waals surface area contributed by atoms with Crippen LogP contribution >= 0.6 is 0 Å². The van der Waals surface area contributed by atoms with Crippen LogP contribution in [0.25, 0.3) is 0 Å². The van der Waals surface area contributed by atoms with Crippen LogP contribution in [0.3, 0.4) is 0 Å². The number of hydrogen-bond acceptors (Lipinski definition) is 1. The highest BCUT2D eigenvalue weighted by Gasteiger charge is 2.37. The molecule has 1 nitrogen and oxygen atoms in total. The Bertz CT molecular complexity index is 241. The summed E-state index contributed by atoms with van der Waals surface area (Å²) in [6.07, 6.45) is 2.26. The molecule has 0 unspecified atom stereocenters. The van der Waals surface area contributed by atoms with E-state index in [4.69, 9.17) is 0 Å². The van der Waals surface area contributed by atoms with Gasteiger partial charge in [-0.05, 0) is 29.1 Å². The molecule has 1 heteroatoms. The summed E-state index contributed by atoms with van der Waals surface area (Å²) in [4.78, 5) is 0. The minimum Gasteiger partial charge on any atom is -0.392 e. The maximum Gasteiger partial charge on any atom is 0.00364 e. The van der Waals surface area contributed by atoms with Gasteiger partial charge in [-0.3, -0.25) is 0 Å². The molecule has 0 radical (unpaired) electrons. The molecule has 16 heavy (non-hydrogen) atoms. The number of rotatable bonds is 5. The van der Waals surface area contributed by atoms with Gasteiger partial charge in [0.05, 0.1) is 0 Å². The van der Waals surface area contributed by atoms with Gasteiger partial charge < -0.3 is 5.32 Å². The molecule has 0 bridgehead atoms. The third kappa shape index (κ3) is 4.59. The summed E-state index contributed by atoms with van der Waals surface area (Å²) in [6.45, 7) is 20.4. The molecule has 0 aliphatic heterocycles. The Kier molecular flexibility index (Phi) is 4.67. The summed E-state index contributed by atoms with van der Waals surface area (Å²) < 4.78 is 0. The minimum absolute atomic E-state index is 0.302. The first-order valence-electron chi connectivity index (χ1n) is 6.27. The number of allylic oxidation sites excluding steroid dienone is 1. The average Bonchev–Trinajstić information content (AvgIpc) is 1.98. The molecule has 0 rings (SSSR count). The zero-order chi connectivity index (χ0) is 13.2. The summed E-state index contributed by atoms with van der Waals surface area (Å²) in [5.74, 6) is 0. The topological polar surface area (TPSA) is 12.0 Å². The van der Waals surface area contributed by atoms with Gasteiger partial charge in [0.2, 0.25) is 0 Å². The molecule has 1 N–H and O–H groups in total. The maximum absolute atomic E-state index is 4.04. The van der Waals surface area contributed by atoms with Crippen LogP contribution < -0.4 is 5.32 Å². The van der Waals surface area contributed by atoms with Gasteiger partial charge >= 0.3 is 0 Å². The van der Waals surface area contributed by atoms with E-state index in [2.05, 4.69) is 60.4 Å². The fourth-order valence-corrected chi connectivity index (χ4v) is 2.19. The van der Waals surface area contributed by atoms with Gasteiger partial charge in [0, 0.05) is 12.7 Å². The molecule has 0 saturated carbocycles. The molecule has 0 aromatic heterocycles. The Morgan fingerprint density at radius 3 is 1.75 bits per heavy atom. The van der Waals surface area contributed by atoms with E-state index in [-0.39, 0.29) is 0 Å². The lowest BCUT2D eigenvalue weighted by Gasteiger charge is -2.44. The lowest BCUT2D eigenvalue weighted by atomic mass is 9.61. The van der Waals surface area contributed by atoms with E-state index in [1.807, 2.05) is 7.05 Å². The molecule has 0 saturated heterocycles. The zero-order valence-corrected chi connectivity index (χ0v) is 12.6. The van der Waals surface area contributed by atoms with Crippen molar-refractivity contribution in [2.24, 2.45) is 16.2 Å². The third-order valence-corrected chi connectivity index (χ3v) is 4.00. The van der Waals surface area contributed by atoms with Gasteiger partial charge in [0.1, 0.15) is 0 Å². The second-order valence-electron chi connectivity index (χ2n) is 7.51. The number of hydrogen-bond donors (Lipinski definition) is 1. The summed E-state index contributed by atoms with van der Waals surface area (Å²) in [7, 11) is 1.95. The van der Waals surface area contributed by atoms with Crippen LogP contribution in [0.5, 0.6) is 0 Å². The van der Waals surface area contributed by atoms with E-state index in [0.717, 1.165) is 12.1 Å². The molecular formula is C15H31N. The van der Waals surface area contributed by atoms with Crippen LogP contribution in [0, 0.1) is 16.2 Å². The summed E-state index contributed by atoms with van der Waals surface area (Å²) >= 11 is 0. The van der Waals surface area contributed by atoms with Gasteiger partial charge in [0.25, 0.3) is 0 Å². The Labute approximate surface area is 103 Å². The lowest BCUT2D eigenvalue weighted by Crippen LogP contribution is -2.35. The van der Waals surface area contributed by atoms with Crippen molar-refractivity contribution in [1.82, 2.24) is 5.32 Å². The smallest absolute Gasteiger partial charge is 0.00364 e. The molecule has 0 aliphatic rings. The Morgan fingerprint density at radius 2 is 1.44 bits per heavy atom. The van der Waals surface area contributed by atoms with Gasteiger partial charge in [-0.25, -0.2) is 0 Å². The molecule has 0 aromatic carbocycles. The highest BCUT2D eigenvalue weighted by Crippen LogP contribution is 2.47. The quantitative estimate of drug-likeness (QED) is 0.721. The molecule has 96 valence electrons. The molecule has 0 heterocycles. The van der Waals surface area contributed by atoms with Crippen LogP contribution in [0.15, 0.2) is 12.3 Å². The van der Waals surface area contributed by atoms with E-state index < -0.39 is 0 Å². The normalized spacial score (nSPS) is 13.8. The zero-order valence-electron chi connectivity index (χ0n) is 12.6. The SMILES string of the molecule is C=C(CC(C)(C)CC(C)(C)C(C)(C)C)NC. The first-order valence-corrected chi connectivity index (χ1v) is 6.27. The molecule has 0 aromatic rings. The van der Waals surface area contributed by atoms with Crippen LogP contribution in [-0.2, 0) is 0 Å². The summed E-state index contributed by atoms with van der Waals surface area (Å²) in [6, 6.07) is 0. The lowest BCUT2D eigenvalue weighted by molar-refractivity contribution is 0.0668. The average molecular weight is 225 g/mol. The van der Waals surface area contributed by atoms with Crippen molar-refractivity contribution in [3.63, 3.8) is 0 Å². The monoisotopic (exact) mass is 225 g/mol. The van der Waals surface area contributed by atoms with Crippen molar-refractivity contribution in [3.8, 4) is 0 Å². The molecule has 0 fully saturated rings. The van der Waals surface area contributed by atoms with Gasteiger partial charge in [-0.2, -0.15) is 0 Å². The van der Waals surface area contributed by atoms with Crippen molar-refractivity contribution < 1.29 is 0 Å². The van der Waals surface area contributed by atoms with Crippen LogP contribution in [0.1, 0.15) is 61.3 Å². The largest absolute Gasteiger partial charge is 0.392 e. The Morgan fingerprint density at radius 1 is 1.00 bits per heavy atom. The van der Waals surface area contributed by atoms with Crippen molar-refractivity contribution >= 4 is 0 Å². The van der Waals surface area contributed by atoms with Crippen LogP contribution in [0.2, 0.25) is 0 Å². The van der Waals surface area contributed by atoms with E-state index in [1.54, 1.807) is 0 Å². The summed E-state index contributed by atoms with van der Waals surface area (Å²) in [5, 5.41) is 3.15. The van der Waals surface area contributed by atoms with Crippen molar-refractivity contribution in [2.45, 2.75) is 61.3 Å². The summed E-state index contributed by atoms with van der Waals surface area (Å²) in [5.41, 5.74) is 2.11. The second kappa shape index (κ2) is 4.81. The predicted octanol–water partition coefficient (Wildman–Crippen LogP) is 4.60. The Balaban J connectivity index is 4.64. The highest BCUT2D eigenvalue weighted by molar-refractivity contribution is 4.97. The predicted molar refractivity (Wildman–Crippen MR) is 74.5 cm³/mol. The van der Waals surface area contributed by atoms with Crippen LogP contribution in [-0.4, -0.2) is 7.05 Å². The van der Waals surface area contributed by atoms with Gasteiger partial charge in [0.15, 0.2) is 0 Å². The standard InChI is InChI=1S/C15H31N/c1-12(16-9)10-14(5,6)11-15(7,8)13(2,3)4/h16H,1,10-11H2,2-9H3. The number of nitrogens with one attached hydrogen (secondary N) is 1. The molecule has 0 spiro atoms. The fraction of sp³-hybridized carbons (Fsp3) is 0.867. The molecular weight excluding hydrogens is 194 g/mol. The van der Waals surface area contributed by atoms with E-state index in [9.17, 15) is 0 Å². The second-order valence-corrected chi connectivity index (χ2v) is 7.51. The maximum atomic E-state index is 4.04. The molecule has 0 aliphatic carbocycles. The Hall–Kier alpha value is -0.460. The van der Waals surface area contributed by atoms with Crippen molar-refractivity contribution in [2.75, 3.05) is 7.05 Å². The first kappa shape index (κ1) is 15.5. The van der Waals surface area contributed by atoms with E-state index >= 15 is 0 Å². The third-order valence-electron chi connectivity index (χ3n) is 4.00. The van der Waals surface area contributed by atoms with Crippen LogP contribution in [0.4, 0.5) is 0 Å².